The molecule has 1 fully saturated rings. The van der Waals surface area contributed by atoms with E-state index in [1.165, 1.54) is 6.34 Å². The third kappa shape index (κ3) is 5.72. The van der Waals surface area contributed by atoms with Gasteiger partial charge in [0.05, 0.1) is 6.34 Å². The molecular weight excluding hydrogens is 246 g/mol. The normalized spacial score (nSPS) is 22.8. The lowest BCUT2D eigenvalue weighted by Crippen LogP contribution is -2.48. The van der Waals surface area contributed by atoms with E-state index in [2.05, 4.69) is 10.3 Å². The zero-order chi connectivity index (χ0) is 14.6. The molecule has 1 aliphatic rings. The number of carbonyl (C=O) groups is 2. The van der Waals surface area contributed by atoms with Gasteiger partial charge in [-0.3, -0.25) is 4.79 Å². The van der Waals surface area contributed by atoms with Crippen LogP contribution in [0.1, 0.15) is 33.6 Å². The summed E-state index contributed by atoms with van der Waals surface area (Å²) < 4.78 is 5.15. The van der Waals surface area contributed by atoms with Crippen molar-refractivity contribution in [2.75, 3.05) is 14.1 Å². The molecule has 1 aliphatic carbocycles. The molecule has 0 bridgehead atoms. The van der Waals surface area contributed by atoms with E-state index >= 15 is 0 Å². The zero-order valence-corrected chi connectivity index (χ0v) is 12.3. The number of ether oxygens (including phenoxy) is 1. The Bertz CT molecular complexity index is 366. The van der Waals surface area contributed by atoms with Crippen LogP contribution < -0.4 is 5.32 Å². The average Bonchev–Trinajstić information content (AvgIpc) is 2.16. The van der Waals surface area contributed by atoms with Crippen molar-refractivity contribution in [3.05, 3.63) is 0 Å². The van der Waals surface area contributed by atoms with Crippen molar-refractivity contribution in [1.29, 1.82) is 0 Å². The van der Waals surface area contributed by atoms with E-state index < -0.39 is 11.7 Å². The van der Waals surface area contributed by atoms with Gasteiger partial charge < -0.3 is 15.0 Å². The highest BCUT2D eigenvalue weighted by Crippen LogP contribution is 2.28. The molecule has 0 saturated heterocycles. The topological polar surface area (TPSA) is 71.0 Å². The van der Waals surface area contributed by atoms with E-state index in [1.807, 2.05) is 34.9 Å². The molecule has 6 nitrogen and oxygen atoms in total. The van der Waals surface area contributed by atoms with Gasteiger partial charge in [0.15, 0.2) is 0 Å². The summed E-state index contributed by atoms with van der Waals surface area (Å²) in [5, 5.41) is 2.75. The number of amides is 2. The van der Waals surface area contributed by atoms with Crippen LogP contribution in [0.3, 0.4) is 0 Å². The van der Waals surface area contributed by atoms with Crippen LogP contribution in [-0.4, -0.2) is 49.0 Å². The Morgan fingerprint density at radius 2 is 1.89 bits per heavy atom. The molecule has 1 rings (SSSR count). The molecule has 0 radical (unpaired) electrons. The maximum Gasteiger partial charge on any atom is 0.407 e. The first-order valence-electron chi connectivity index (χ1n) is 6.41. The van der Waals surface area contributed by atoms with Gasteiger partial charge in [-0.1, -0.05) is 0 Å². The molecule has 0 heterocycles. The lowest BCUT2D eigenvalue weighted by molar-refractivity contribution is -0.124. The smallest absolute Gasteiger partial charge is 0.407 e. The first-order chi connectivity index (χ1) is 8.67. The van der Waals surface area contributed by atoms with Crippen molar-refractivity contribution in [3.63, 3.8) is 0 Å². The summed E-state index contributed by atoms with van der Waals surface area (Å²) >= 11 is 0. The predicted molar refractivity (Wildman–Crippen MR) is 73.1 cm³/mol. The summed E-state index contributed by atoms with van der Waals surface area (Å²) in [4.78, 5) is 28.7. The standard InChI is InChI=1S/C13H23N3O3/c1-13(2,3)19-12(18)15-10-6-9(7-10)11(17)14-8-16(4)5/h8-10H,6-7H2,1-5H3,(H,15,18)/b14-8+. The van der Waals surface area contributed by atoms with Gasteiger partial charge in [-0.2, -0.15) is 0 Å². The zero-order valence-electron chi connectivity index (χ0n) is 12.3. The van der Waals surface area contributed by atoms with Crippen molar-refractivity contribution in [2.24, 2.45) is 10.9 Å². The molecular formula is C13H23N3O3. The number of hydrogen-bond acceptors (Lipinski definition) is 3. The third-order valence-electron chi connectivity index (χ3n) is 2.62. The molecule has 0 aromatic heterocycles. The van der Waals surface area contributed by atoms with Crippen LogP contribution in [0, 0.1) is 5.92 Å². The summed E-state index contributed by atoms with van der Waals surface area (Å²) in [6.07, 6.45) is 2.32. The fourth-order valence-corrected chi connectivity index (χ4v) is 1.69. The monoisotopic (exact) mass is 269 g/mol. The Hall–Kier alpha value is -1.59. The second kappa shape index (κ2) is 6.04. The van der Waals surface area contributed by atoms with Crippen LogP contribution in [0.25, 0.3) is 0 Å². The fraction of sp³-hybridized carbons (Fsp3) is 0.769. The number of nitrogens with zero attached hydrogens (tertiary/aromatic N) is 2. The van der Waals surface area contributed by atoms with Gasteiger partial charge in [0.1, 0.15) is 5.60 Å². The van der Waals surface area contributed by atoms with Gasteiger partial charge in [0.25, 0.3) is 0 Å². The summed E-state index contributed by atoms with van der Waals surface area (Å²) in [5.41, 5.74) is -0.501. The lowest BCUT2D eigenvalue weighted by atomic mass is 9.80. The van der Waals surface area contributed by atoms with Crippen LogP contribution in [0.5, 0.6) is 0 Å². The van der Waals surface area contributed by atoms with E-state index in [0.29, 0.717) is 12.8 Å². The highest BCUT2D eigenvalue weighted by molar-refractivity contribution is 5.87. The Labute approximate surface area is 114 Å². The van der Waals surface area contributed by atoms with Gasteiger partial charge in [-0.05, 0) is 33.6 Å². The second-order valence-corrected chi connectivity index (χ2v) is 6.06. The second-order valence-electron chi connectivity index (χ2n) is 6.06. The van der Waals surface area contributed by atoms with Gasteiger partial charge in [-0.15, -0.1) is 0 Å². The lowest BCUT2D eigenvalue weighted by Gasteiger charge is -2.34. The van der Waals surface area contributed by atoms with Crippen molar-refractivity contribution in [1.82, 2.24) is 10.2 Å². The van der Waals surface area contributed by atoms with Crippen LogP contribution in [0.4, 0.5) is 4.79 Å². The Kier molecular flexibility index (Phi) is 4.91. The largest absolute Gasteiger partial charge is 0.444 e. The van der Waals surface area contributed by atoms with E-state index in [1.54, 1.807) is 4.90 Å². The maximum absolute atomic E-state index is 11.6. The van der Waals surface area contributed by atoms with Crippen molar-refractivity contribution in [3.8, 4) is 0 Å². The number of alkyl carbamates (subject to hydrolysis) is 1. The summed E-state index contributed by atoms with van der Waals surface area (Å²) in [5.74, 6) is -0.216. The maximum atomic E-state index is 11.6. The highest BCUT2D eigenvalue weighted by atomic mass is 16.6. The number of hydrogen-bond donors (Lipinski definition) is 1. The summed E-state index contributed by atoms with van der Waals surface area (Å²) in [6.45, 7) is 5.45. The van der Waals surface area contributed by atoms with E-state index in [9.17, 15) is 9.59 Å². The molecule has 19 heavy (non-hydrogen) atoms. The predicted octanol–water partition coefficient (Wildman–Crippen LogP) is 1.41. The van der Waals surface area contributed by atoms with Gasteiger partial charge in [0, 0.05) is 26.1 Å². The molecule has 2 amide bonds. The number of aliphatic imine (C=N–C) groups is 1. The van der Waals surface area contributed by atoms with Gasteiger partial charge >= 0.3 is 6.09 Å². The van der Waals surface area contributed by atoms with Gasteiger partial charge in [0.2, 0.25) is 5.91 Å². The van der Waals surface area contributed by atoms with E-state index in [-0.39, 0.29) is 17.9 Å². The summed E-state index contributed by atoms with van der Waals surface area (Å²) in [6, 6.07) is 0.0124. The average molecular weight is 269 g/mol. The van der Waals surface area contributed by atoms with E-state index in [4.69, 9.17) is 4.74 Å². The highest BCUT2D eigenvalue weighted by Gasteiger charge is 2.35. The van der Waals surface area contributed by atoms with Crippen molar-refractivity contribution < 1.29 is 14.3 Å². The SMILES string of the molecule is CN(C)/C=N/C(=O)C1CC(NC(=O)OC(C)(C)C)C1. The Morgan fingerprint density at radius 1 is 1.32 bits per heavy atom. The minimum absolute atomic E-state index is 0.0124. The number of rotatable bonds is 3. The van der Waals surface area contributed by atoms with E-state index in [0.717, 1.165) is 0 Å². The van der Waals surface area contributed by atoms with Crippen LogP contribution >= 0.6 is 0 Å². The molecule has 0 atom stereocenters. The molecule has 0 spiro atoms. The van der Waals surface area contributed by atoms with Crippen LogP contribution in [0.2, 0.25) is 0 Å². The van der Waals surface area contributed by atoms with Crippen molar-refractivity contribution in [2.45, 2.75) is 45.3 Å². The van der Waals surface area contributed by atoms with Crippen LogP contribution in [0.15, 0.2) is 4.99 Å². The van der Waals surface area contributed by atoms with Crippen molar-refractivity contribution >= 4 is 18.3 Å². The van der Waals surface area contributed by atoms with Crippen LogP contribution in [-0.2, 0) is 9.53 Å². The molecule has 0 aliphatic heterocycles. The van der Waals surface area contributed by atoms with Gasteiger partial charge in [-0.25, -0.2) is 9.79 Å². The first kappa shape index (κ1) is 15.5. The Morgan fingerprint density at radius 3 is 2.37 bits per heavy atom. The molecule has 1 saturated carbocycles. The fourth-order valence-electron chi connectivity index (χ4n) is 1.69. The quantitative estimate of drug-likeness (QED) is 0.621. The molecule has 108 valence electrons. The minimum Gasteiger partial charge on any atom is -0.444 e. The summed E-state index contributed by atoms with van der Waals surface area (Å²) in [7, 11) is 3.62. The number of carbonyl (C=O) groups excluding carboxylic acids is 2. The molecule has 0 aromatic carbocycles. The molecule has 0 unspecified atom stereocenters. The number of nitrogens with one attached hydrogen (secondary N) is 1. The third-order valence-corrected chi connectivity index (χ3v) is 2.62. The Balaban J connectivity index is 2.27. The molecule has 6 heteroatoms. The molecule has 0 aromatic rings. The first-order valence-corrected chi connectivity index (χ1v) is 6.41. The molecule has 1 N–H and O–H groups in total. The minimum atomic E-state index is -0.501.